The Morgan fingerprint density at radius 2 is 1.98 bits per heavy atom. The minimum Gasteiger partial charge on any atom is -0.396 e. The van der Waals surface area contributed by atoms with Crippen LogP contribution >= 0.6 is 0 Å². The van der Waals surface area contributed by atoms with E-state index in [4.69, 9.17) is 0 Å². The number of alkyl halides is 3. The highest BCUT2D eigenvalue weighted by atomic mass is 19.4. The van der Waals surface area contributed by atoms with Crippen molar-refractivity contribution >= 4 is 5.52 Å². The van der Waals surface area contributed by atoms with E-state index in [0.29, 0.717) is 23.7 Å². The lowest BCUT2D eigenvalue weighted by Crippen LogP contribution is -2.34. The molecule has 4 aromatic rings. The summed E-state index contributed by atoms with van der Waals surface area (Å²) in [4.78, 5) is 15.8. The van der Waals surface area contributed by atoms with Crippen molar-refractivity contribution in [2.45, 2.75) is 51.2 Å². The molecule has 2 aliphatic rings. The number of fused-ring (bicyclic) bond motifs is 1. The summed E-state index contributed by atoms with van der Waals surface area (Å²) < 4.78 is 47.1. The number of hydrogen-bond donors (Lipinski definition) is 1. The van der Waals surface area contributed by atoms with Gasteiger partial charge in [-0.2, -0.15) is 13.2 Å². The van der Waals surface area contributed by atoms with Gasteiger partial charge >= 0.3 is 11.9 Å². The molecule has 6 rings (SSSR count). The van der Waals surface area contributed by atoms with Crippen LogP contribution in [-0.4, -0.2) is 53.4 Å². The van der Waals surface area contributed by atoms with Gasteiger partial charge in [-0.1, -0.05) is 19.1 Å². The maximum absolute atomic E-state index is 14.3. The molecule has 0 amide bonds. The van der Waals surface area contributed by atoms with Gasteiger partial charge in [0.05, 0.1) is 16.8 Å². The van der Waals surface area contributed by atoms with E-state index in [9.17, 15) is 23.1 Å². The summed E-state index contributed by atoms with van der Waals surface area (Å²) >= 11 is 0. The Bertz CT molecular complexity index is 1600. The summed E-state index contributed by atoms with van der Waals surface area (Å²) in [5.41, 5.74) is 0.333. The molecule has 0 spiro atoms. The first-order valence-corrected chi connectivity index (χ1v) is 14.2. The van der Waals surface area contributed by atoms with E-state index >= 15 is 0 Å². The molecular formula is C30H35F3N6O2. The third-order valence-corrected chi connectivity index (χ3v) is 8.81. The number of benzene rings is 1. The highest BCUT2D eigenvalue weighted by Crippen LogP contribution is 2.46. The Balaban J connectivity index is 1.41. The quantitative estimate of drug-likeness (QED) is 0.352. The Labute approximate surface area is 236 Å². The molecule has 8 nitrogen and oxygen atoms in total. The lowest BCUT2D eigenvalue weighted by atomic mass is 9.66. The van der Waals surface area contributed by atoms with Crippen molar-refractivity contribution in [1.29, 1.82) is 0 Å². The molecule has 0 bridgehead atoms. The average molecular weight is 569 g/mol. The number of likely N-dealkylation sites (tertiary alicyclic amines) is 1. The fourth-order valence-electron chi connectivity index (χ4n) is 6.71. The fourth-order valence-corrected chi connectivity index (χ4v) is 6.71. The number of aryl methyl sites for hydroxylation is 1. The van der Waals surface area contributed by atoms with Gasteiger partial charge in [0.15, 0.2) is 0 Å². The Hall–Kier alpha value is -3.44. The van der Waals surface area contributed by atoms with Crippen molar-refractivity contribution in [1.82, 2.24) is 28.6 Å². The van der Waals surface area contributed by atoms with Gasteiger partial charge in [0, 0.05) is 45.1 Å². The number of aliphatic hydroxyl groups is 1. The molecule has 218 valence electrons. The highest BCUT2D eigenvalue weighted by molar-refractivity contribution is 5.58. The number of imidazole rings is 1. The summed E-state index contributed by atoms with van der Waals surface area (Å²) in [6.45, 7) is 4.31. The third kappa shape index (κ3) is 5.32. The third-order valence-electron chi connectivity index (χ3n) is 8.81. The van der Waals surface area contributed by atoms with Crippen LogP contribution in [0.1, 0.15) is 61.0 Å². The van der Waals surface area contributed by atoms with Crippen LogP contribution in [0.4, 0.5) is 13.2 Å². The number of pyridine rings is 1. The zero-order valence-electron chi connectivity index (χ0n) is 23.3. The van der Waals surface area contributed by atoms with Crippen molar-refractivity contribution in [2.24, 2.45) is 24.8 Å². The van der Waals surface area contributed by atoms with Crippen molar-refractivity contribution in [2.75, 3.05) is 19.7 Å². The standard InChI is InChI=1S/C30H35F3N6O2/c1-19-5-4-8-37(13-19)14-21-11-25(30(31,32)33)26-16-38(29(41)39(26)15-21)24-7-3-6-22(12-24)27(23-9-20(10-23)17-40)28-35-34-18-36(28)2/h3,6-7,11-12,15-16,18-20,23,27,40H,4-5,8-10,13-14,17H2,1-2H3/t19-,20?,23?,27?/m0/s1. The molecule has 4 heterocycles. The highest BCUT2D eigenvalue weighted by Gasteiger charge is 2.39. The Morgan fingerprint density at radius 3 is 2.66 bits per heavy atom. The van der Waals surface area contributed by atoms with E-state index in [1.54, 1.807) is 18.6 Å². The molecule has 1 aliphatic carbocycles. The summed E-state index contributed by atoms with van der Waals surface area (Å²) in [5.74, 6) is 1.61. The largest absolute Gasteiger partial charge is 0.418 e. The van der Waals surface area contributed by atoms with Crippen LogP contribution in [0.15, 0.2) is 53.8 Å². The first-order chi connectivity index (χ1) is 19.6. The Morgan fingerprint density at radius 1 is 1.17 bits per heavy atom. The summed E-state index contributed by atoms with van der Waals surface area (Å²) in [5, 5.41) is 18.0. The van der Waals surface area contributed by atoms with Crippen LogP contribution in [0.5, 0.6) is 0 Å². The maximum Gasteiger partial charge on any atom is 0.418 e. The number of rotatable bonds is 7. The number of hydrogen-bond acceptors (Lipinski definition) is 5. The molecule has 1 saturated carbocycles. The topological polar surface area (TPSA) is 80.6 Å². The second-order valence-electron chi connectivity index (χ2n) is 11.9. The molecule has 2 atom stereocenters. The first-order valence-electron chi connectivity index (χ1n) is 14.2. The zero-order chi connectivity index (χ0) is 28.9. The number of aromatic nitrogens is 5. The average Bonchev–Trinajstić information content (AvgIpc) is 3.47. The molecule has 2 fully saturated rings. The molecule has 41 heavy (non-hydrogen) atoms. The molecule has 3 aromatic heterocycles. The molecular weight excluding hydrogens is 533 g/mol. The molecule has 1 saturated heterocycles. The SMILES string of the molecule is C[C@H]1CCCN(Cc2cc(C(F)(F)F)c3cn(-c4cccc(C(c5nncn5C)C5CC(CO)C5)c4)c(=O)n3c2)C1. The van der Waals surface area contributed by atoms with Crippen molar-refractivity contribution < 1.29 is 18.3 Å². The molecule has 1 unspecified atom stereocenters. The predicted octanol–water partition coefficient (Wildman–Crippen LogP) is 4.62. The second kappa shape index (κ2) is 10.8. The van der Waals surface area contributed by atoms with Crippen LogP contribution in [0, 0.1) is 17.8 Å². The van der Waals surface area contributed by atoms with Gasteiger partial charge in [-0.05, 0) is 79.3 Å². The van der Waals surface area contributed by atoms with E-state index in [-0.39, 0.29) is 29.9 Å². The van der Waals surface area contributed by atoms with Gasteiger partial charge in [-0.15, -0.1) is 10.2 Å². The van der Waals surface area contributed by atoms with Gasteiger partial charge in [0.25, 0.3) is 0 Å². The van der Waals surface area contributed by atoms with E-state index in [2.05, 4.69) is 22.0 Å². The van der Waals surface area contributed by atoms with Gasteiger partial charge in [-0.25, -0.2) is 4.79 Å². The molecule has 1 aliphatic heterocycles. The van der Waals surface area contributed by atoms with E-state index in [1.165, 1.54) is 16.8 Å². The predicted molar refractivity (Wildman–Crippen MR) is 148 cm³/mol. The summed E-state index contributed by atoms with van der Waals surface area (Å²) in [7, 11) is 1.88. The normalized spacial score (nSPS) is 22.6. The molecule has 1 aromatic carbocycles. The zero-order valence-corrected chi connectivity index (χ0v) is 23.3. The van der Waals surface area contributed by atoms with Gasteiger partial charge in [0.1, 0.15) is 12.2 Å². The van der Waals surface area contributed by atoms with Crippen molar-refractivity contribution in [3.63, 3.8) is 0 Å². The van der Waals surface area contributed by atoms with Crippen LogP contribution in [-0.2, 0) is 19.8 Å². The van der Waals surface area contributed by atoms with Gasteiger partial charge < -0.3 is 9.67 Å². The number of nitrogens with zero attached hydrogens (tertiary/aromatic N) is 6. The molecule has 1 N–H and O–H groups in total. The minimum absolute atomic E-state index is 0.123. The Kier molecular flexibility index (Phi) is 7.27. The van der Waals surface area contributed by atoms with Crippen LogP contribution in [0.3, 0.4) is 0 Å². The summed E-state index contributed by atoms with van der Waals surface area (Å²) in [6, 6.07) is 8.55. The van der Waals surface area contributed by atoms with E-state index in [0.717, 1.165) is 54.6 Å². The monoisotopic (exact) mass is 568 g/mol. The molecule has 0 radical (unpaired) electrons. The first kappa shape index (κ1) is 27.7. The van der Waals surface area contributed by atoms with E-state index in [1.807, 2.05) is 29.8 Å². The minimum atomic E-state index is -4.61. The maximum atomic E-state index is 14.3. The van der Waals surface area contributed by atoms with Crippen LogP contribution < -0.4 is 5.69 Å². The van der Waals surface area contributed by atoms with Gasteiger partial charge in [-0.3, -0.25) is 13.9 Å². The number of piperidine rings is 1. The lowest BCUT2D eigenvalue weighted by molar-refractivity contribution is -0.136. The number of halogens is 3. The molecule has 11 heteroatoms. The smallest absolute Gasteiger partial charge is 0.396 e. The number of aliphatic hydroxyl groups excluding tert-OH is 1. The van der Waals surface area contributed by atoms with Gasteiger partial charge in [0.2, 0.25) is 0 Å². The van der Waals surface area contributed by atoms with Crippen LogP contribution in [0.2, 0.25) is 0 Å². The lowest BCUT2D eigenvalue weighted by Gasteiger charge is -2.39. The van der Waals surface area contributed by atoms with Crippen molar-refractivity contribution in [3.8, 4) is 5.69 Å². The second-order valence-corrected chi connectivity index (χ2v) is 11.9. The van der Waals surface area contributed by atoms with E-state index < -0.39 is 17.4 Å². The summed E-state index contributed by atoms with van der Waals surface area (Å²) in [6.07, 6.45) is 3.67. The van der Waals surface area contributed by atoms with Crippen LogP contribution in [0.25, 0.3) is 11.2 Å². The fraction of sp³-hybridized carbons (Fsp3) is 0.500. The van der Waals surface area contributed by atoms with Crippen molar-refractivity contribution in [3.05, 3.63) is 82.1 Å².